The van der Waals surface area contributed by atoms with Gasteiger partial charge in [-0.05, 0) is 49.6 Å². The molecule has 0 aromatic heterocycles. The quantitative estimate of drug-likeness (QED) is 0.412. The molecule has 6 heteroatoms. The molecule has 2 N–H and O–H groups in total. The fourth-order valence-electron chi connectivity index (χ4n) is 2.54. The molecule has 0 saturated carbocycles. The van der Waals surface area contributed by atoms with Crippen molar-refractivity contribution < 1.29 is 17.9 Å². The van der Waals surface area contributed by atoms with Crippen molar-refractivity contribution in [1.82, 2.24) is 0 Å². The van der Waals surface area contributed by atoms with Crippen LogP contribution in [0, 0.1) is 12.7 Å². The summed E-state index contributed by atoms with van der Waals surface area (Å²) in [6.45, 7) is 11.2. The summed E-state index contributed by atoms with van der Waals surface area (Å²) in [5.74, 6) is -0.340. The Morgan fingerprint density at radius 2 is 1.83 bits per heavy atom. The van der Waals surface area contributed by atoms with E-state index in [1.165, 1.54) is 36.3 Å². The summed E-state index contributed by atoms with van der Waals surface area (Å²) < 4.78 is 41.6. The van der Waals surface area contributed by atoms with Gasteiger partial charge >= 0.3 is 0 Å². The second-order valence-electron chi connectivity index (χ2n) is 7.01. The van der Waals surface area contributed by atoms with Gasteiger partial charge in [-0.25, -0.2) is 13.2 Å². The van der Waals surface area contributed by atoms with Gasteiger partial charge in [0.2, 0.25) is 0 Å². The Morgan fingerprint density at radius 3 is 2.17 bits per heavy atom. The molecular formula is C23H29ClF3NO. The highest BCUT2D eigenvalue weighted by Gasteiger charge is 2.44. The average molecular weight is 428 g/mol. The van der Waals surface area contributed by atoms with E-state index in [2.05, 4.69) is 13.5 Å². The van der Waals surface area contributed by atoms with Crippen molar-refractivity contribution in [2.24, 2.45) is 5.73 Å². The lowest BCUT2D eigenvalue weighted by Crippen LogP contribution is -2.10. The minimum atomic E-state index is -2.35. The Bertz CT molecular complexity index is 754. The molecule has 1 aliphatic heterocycles. The molecule has 29 heavy (non-hydrogen) atoms. The molecule has 1 aliphatic rings. The van der Waals surface area contributed by atoms with E-state index in [0.717, 1.165) is 18.6 Å². The number of nitrogens with two attached hydrogens (primary N) is 1. The van der Waals surface area contributed by atoms with E-state index in [9.17, 15) is 13.2 Å². The van der Waals surface area contributed by atoms with Crippen LogP contribution in [0.1, 0.15) is 49.8 Å². The molecule has 2 aromatic rings. The van der Waals surface area contributed by atoms with Gasteiger partial charge in [-0.2, -0.15) is 0 Å². The van der Waals surface area contributed by atoms with Crippen LogP contribution in [0.2, 0.25) is 5.02 Å². The highest BCUT2D eigenvalue weighted by molar-refractivity contribution is 6.30. The second kappa shape index (κ2) is 12.0. The number of epoxide rings is 1. The summed E-state index contributed by atoms with van der Waals surface area (Å²) in [7, 11) is 0. The molecule has 1 unspecified atom stereocenters. The molecular weight excluding hydrogens is 399 g/mol. The number of ether oxygens (including phenoxy) is 1. The summed E-state index contributed by atoms with van der Waals surface area (Å²) >= 11 is 5.53. The van der Waals surface area contributed by atoms with Crippen LogP contribution in [0.4, 0.5) is 13.2 Å². The molecule has 1 fully saturated rings. The first-order valence-electron chi connectivity index (χ1n) is 9.43. The Labute approximate surface area is 176 Å². The molecule has 0 spiro atoms. The first-order valence-corrected chi connectivity index (χ1v) is 9.81. The maximum absolute atomic E-state index is 12.5. The zero-order chi connectivity index (χ0) is 22.0. The van der Waals surface area contributed by atoms with Crippen LogP contribution in [0.3, 0.4) is 0 Å². The number of hydrogen-bond donors (Lipinski definition) is 1. The maximum Gasteiger partial charge on any atom is 0.263 e. The van der Waals surface area contributed by atoms with Gasteiger partial charge in [0.15, 0.2) is 0 Å². The molecule has 160 valence electrons. The first-order chi connectivity index (χ1) is 13.6. The highest BCUT2D eigenvalue weighted by Crippen LogP contribution is 2.38. The van der Waals surface area contributed by atoms with Crippen LogP contribution in [0.15, 0.2) is 54.6 Å². The minimum absolute atomic E-state index is 0.0885. The zero-order valence-electron chi connectivity index (χ0n) is 17.2. The molecule has 0 amide bonds. The number of benzene rings is 2. The summed E-state index contributed by atoms with van der Waals surface area (Å²) in [5, 5.41) is 0.389. The van der Waals surface area contributed by atoms with Crippen LogP contribution in [-0.4, -0.2) is 12.2 Å². The van der Waals surface area contributed by atoms with Gasteiger partial charge in [-0.3, -0.25) is 0 Å². The number of aryl methyl sites for hydroxylation is 1. The lowest BCUT2D eigenvalue weighted by atomic mass is 9.98. The van der Waals surface area contributed by atoms with Gasteiger partial charge in [0.1, 0.15) is 11.4 Å². The van der Waals surface area contributed by atoms with Crippen LogP contribution in [0.5, 0.6) is 0 Å². The van der Waals surface area contributed by atoms with Crippen molar-refractivity contribution in [3.8, 4) is 0 Å². The summed E-state index contributed by atoms with van der Waals surface area (Å²) in [6, 6.07) is 10.5. The third-order valence-corrected chi connectivity index (χ3v) is 4.63. The SMILES string of the molecule is C=C(C)C1(CCC)CO1.Cc1ccc(C(F)F)cc1.NCc1cc(F)cc(Cl)c1. The van der Waals surface area contributed by atoms with E-state index in [1.807, 2.05) is 13.8 Å². The van der Waals surface area contributed by atoms with Crippen molar-refractivity contribution in [2.45, 2.75) is 52.2 Å². The van der Waals surface area contributed by atoms with Gasteiger partial charge in [0.05, 0.1) is 6.61 Å². The molecule has 0 aliphatic carbocycles. The van der Waals surface area contributed by atoms with Gasteiger partial charge < -0.3 is 10.5 Å². The van der Waals surface area contributed by atoms with Crippen molar-refractivity contribution in [3.63, 3.8) is 0 Å². The van der Waals surface area contributed by atoms with Gasteiger partial charge in [-0.1, -0.05) is 61.4 Å². The molecule has 1 heterocycles. The lowest BCUT2D eigenvalue weighted by Gasteiger charge is -2.07. The first kappa shape index (κ1) is 25.2. The van der Waals surface area contributed by atoms with Gasteiger partial charge in [0, 0.05) is 17.1 Å². The van der Waals surface area contributed by atoms with Crippen molar-refractivity contribution in [3.05, 3.63) is 82.1 Å². The summed E-state index contributed by atoms with van der Waals surface area (Å²) in [6.07, 6.45) is -0.0181. The average Bonchev–Trinajstić information content (AvgIpc) is 3.44. The van der Waals surface area contributed by atoms with Crippen molar-refractivity contribution >= 4 is 11.6 Å². The van der Waals surface area contributed by atoms with E-state index < -0.39 is 6.43 Å². The Balaban J connectivity index is 0.000000218. The summed E-state index contributed by atoms with van der Waals surface area (Å²) in [5.41, 5.74) is 8.36. The molecule has 3 rings (SSSR count). The maximum atomic E-state index is 12.5. The monoisotopic (exact) mass is 427 g/mol. The van der Waals surface area contributed by atoms with Crippen LogP contribution in [-0.2, 0) is 11.3 Å². The van der Waals surface area contributed by atoms with Crippen LogP contribution >= 0.6 is 11.6 Å². The molecule has 2 aromatic carbocycles. The molecule has 0 radical (unpaired) electrons. The smallest absolute Gasteiger partial charge is 0.263 e. The molecule has 0 bridgehead atoms. The van der Waals surface area contributed by atoms with E-state index in [4.69, 9.17) is 22.1 Å². The van der Waals surface area contributed by atoms with Gasteiger partial charge in [0.25, 0.3) is 6.43 Å². The van der Waals surface area contributed by atoms with Crippen LogP contribution < -0.4 is 5.73 Å². The predicted octanol–water partition coefficient (Wildman–Crippen LogP) is 7.00. The number of rotatable bonds is 5. The van der Waals surface area contributed by atoms with E-state index in [1.54, 1.807) is 18.2 Å². The third-order valence-electron chi connectivity index (χ3n) is 4.41. The largest absolute Gasteiger partial charge is 0.365 e. The second-order valence-corrected chi connectivity index (χ2v) is 7.44. The van der Waals surface area contributed by atoms with E-state index in [-0.39, 0.29) is 17.0 Å². The van der Waals surface area contributed by atoms with Crippen LogP contribution in [0.25, 0.3) is 0 Å². The standard InChI is InChI=1S/C8H8F2.C8H14O.C7H7ClFN/c1-6-2-4-7(5-3-6)8(9)10;1-4-5-8(6-9-8)7(2)3;8-6-1-5(4-10)2-7(9)3-6/h2-5,8H,1H3;2,4-6H2,1,3H3;1-3H,4,10H2. The molecule has 1 atom stereocenters. The third kappa shape index (κ3) is 9.03. The normalized spacial score (nSPS) is 17.0. The Kier molecular flexibility index (Phi) is 10.4. The van der Waals surface area contributed by atoms with E-state index in [0.29, 0.717) is 17.1 Å². The minimum Gasteiger partial charge on any atom is -0.365 e. The molecule has 1 saturated heterocycles. The fourth-order valence-corrected chi connectivity index (χ4v) is 2.78. The molecule has 2 nitrogen and oxygen atoms in total. The lowest BCUT2D eigenvalue weighted by molar-refractivity contribution is 0.151. The number of halogens is 4. The Hall–Kier alpha value is -1.82. The summed E-state index contributed by atoms with van der Waals surface area (Å²) in [4.78, 5) is 0. The van der Waals surface area contributed by atoms with Gasteiger partial charge in [-0.15, -0.1) is 0 Å². The van der Waals surface area contributed by atoms with Crippen molar-refractivity contribution in [2.75, 3.05) is 6.61 Å². The zero-order valence-corrected chi connectivity index (χ0v) is 17.9. The predicted molar refractivity (Wildman–Crippen MR) is 114 cm³/mol. The van der Waals surface area contributed by atoms with E-state index >= 15 is 0 Å². The fraction of sp³-hybridized carbons (Fsp3) is 0.391. The highest BCUT2D eigenvalue weighted by atomic mass is 35.5. The number of hydrogen-bond acceptors (Lipinski definition) is 2. The topological polar surface area (TPSA) is 38.5 Å². The van der Waals surface area contributed by atoms with Crippen molar-refractivity contribution in [1.29, 1.82) is 0 Å². The number of alkyl halides is 2. The Morgan fingerprint density at radius 1 is 1.24 bits per heavy atom.